The number of aromatic nitrogens is 1. The molecule has 172 valence electrons. The van der Waals surface area contributed by atoms with Crippen LogP contribution in [-0.4, -0.2) is 59.3 Å². The van der Waals surface area contributed by atoms with Gasteiger partial charge in [-0.15, -0.1) is 0 Å². The number of likely N-dealkylation sites (tertiary alicyclic amines) is 1. The van der Waals surface area contributed by atoms with Crippen molar-refractivity contribution in [3.63, 3.8) is 0 Å². The van der Waals surface area contributed by atoms with Crippen molar-refractivity contribution in [1.29, 1.82) is 0 Å². The molecule has 3 amide bonds. The molecule has 1 aliphatic heterocycles. The molecule has 0 spiro atoms. The highest BCUT2D eigenvalue weighted by atomic mass is 16.2. The Morgan fingerprint density at radius 2 is 1.91 bits per heavy atom. The lowest BCUT2D eigenvalue weighted by Crippen LogP contribution is -2.56. The molecule has 1 aromatic heterocycles. The maximum absolute atomic E-state index is 13.4. The minimum absolute atomic E-state index is 0.105. The molecule has 1 aliphatic rings. The molecule has 32 heavy (non-hydrogen) atoms. The van der Waals surface area contributed by atoms with E-state index < -0.39 is 18.1 Å². The molecule has 2 aromatic rings. The van der Waals surface area contributed by atoms with Gasteiger partial charge in [-0.25, -0.2) is 0 Å². The largest absolute Gasteiger partial charge is 0.343 e. The highest BCUT2D eigenvalue weighted by Crippen LogP contribution is 2.28. The second-order valence-corrected chi connectivity index (χ2v) is 8.75. The number of fused-ring (bicyclic) bond motifs is 1. The van der Waals surface area contributed by atoms with Crippen LogP contribution in [0.4, 0.5) is 5.69 Å². The van der Waals surface area contributed by atoms with Crippen LogP contribution in [-0.2, 0) is 14.4 Å². The number of aryl methyl sites for hydroxylation is 1. The molecule has 0 bridgehead atoms. The highest BCUT2D eigenvalue weighted by Gasteiger charge is 2.39. The summed E-state index contributed by atoms with van der Waals surface area (Å²) in [4.78, 5) is 45.0. The van der Waals surface area contributed by atoms with Crippen molar-refractivity contribution < 1.29 is 14.4 Å². The van der Waals surface area contributed by atoms with Gasteiger partial charge >= 0.3 is 0 Å². The molecular weight excluding hydrogens is 406 g/mol. The molecule has 0 radical (unpaired) electrons. The Bertz CT molecular complexity index is 1010. The Balaban J connectivity index is 1.80. The minimum atomic E-state index is -0.685. The molecule has 1 saturated heterocycles. The zero-order valence-electron chi connectivity index (χ0n) is 19.4. The van der Waals surface area contributed by atoms with Gasteiger partial charge in [0.25, 0.3) is 0 Å². The molecule has 1 aromatic carbocycles. The zero-order chi connectivity index (χ0) is 23.4. The molecule has 0 saturated carbocycles. The summed E-state index contributed by atoms with van der Waals surface area (Å²) in [7, 11) is 1.70. The van der Waals surface area contributed by atoms with Crippen molar-refractivity contribution in [2.75, 3.05) is 18.9 Å². The highest BCUT2D eigenvalue weighted by molar-refractivity contribution is 6.05. The summed E-state index contributed by atoms with van der Waals surface area (Å²) in [6.07, 6.45) is 3.05. The number of anilines is 1. The van der Waals surface area contributed by atoms with Crippen molar-refractivity contribution >= 4 is 34.3 Å². The Morgan fingerprint density at radius 1 is 1.16 bits per heavy atom. The SMILES string of the molecule is CN[C@@H](C)C(=O)N[C@H](C(=O)N1CCC[C@H]1C(=O)Nc1c(C)ccc2ncccc12)C(C)C. The van der Waals surface area contributed by atoms with E-state index in [0.717, 1.165) is 28.6 Å². The molecule has 3 N–H and O–H groups in total. The summed E-state index contributed by atoms with van der Waals surface area (Å²) in [6.45, 7) is 7.96. The summed E-state index contributed by atoms with van der Waals surface area (Å²) in [6, 6.07) is 5.94. The topological polar surface area (TPSA) is 103 Å². The van der Waals surface area contributed by atoms with E-state index in [9.17, 15) is 14.4 Å². The van der Waals surface area contributed by atoms with E-state index in [1.54, 1.807) is 25.1 Å². The first-order valence-electron chi connectivity index (χ1n) is 11.2. The van der Waals surface area contributed by atoms with Crippen molar-refractivity contribution in [2.24, 2.45) is 5.92 Å². The van der Waals surface area contributed by atoms with Crippen LogP contribution in [0, 0.1) is 12.8 Å². The lowest BCUT2D eigenvalue weighted by atomic mass is 10.0. The Kier molecular flexibility index (Phi) is 7.45. The number of likely N-dealkylation sites (N-methyl/N-ethyl adjacent to an activating group) is 1. The molecule has 0 aliphatic carbocycles. The minimum Gasteiger partial charge on any atom is -0.343 e. The smallest absolute Gasteiger partial charge is 0.247 e. The van der Waals surface area contributed by atoms with Gasteiger partial charge in [-0.1, -0.05) is 19.9 Å². The molecule has 2 heterocycles. The fourth-order valence-corrected chi connectivity index (χ4v) is 4.04. The zero-order valence-corrected chi connectivity index (χ0v) is 19.4. The van der Waals surface area contributed by atoms with Crippen LogP contribution in [0.5, 0.6) is 0 Å². The van der Waals surface area contributed by atoms with Crippen molar-refractivity contribution in [3.8, 4) is 0 Å². The average Bonchev–Trinajstić information content (AvgIpc) is 3.28. The Morgan fingerprint density at radius 3 is 2.59 bits per heavy atom. The van der Waals surface area contributed by atoms with E-state index in [4.69, 9.17) is 0 Å². The van der Waals surface area contributed by atoms with Crippen LogP contribution in [0.3, 0.4) is 0 Å². The first-order valence-corrected chi connectivity index (χ1v) is 11.2. The second-order valence-electron chi connectivity index (χ2n) is 8.75. The number of nitrogens with zero attached hydrogens (tertiary/aromatic N) is 2. The normalized spacial score (nSPS) is 17.9. The van der Waals surface area contributed by atoms with Gasteiger partial charge in [0.2, 0.25) is 17.7 Å². The van der Waals surface area contributed by atoms with Crippen LogP contribution >= 0.6 is 0 Å². The summed E-state index contributed by atoms with van der Waals surface area (Å²) < 4.78 is 0. The fourth-order valence-electron chi connectivity index (χ4n) is 4.04. The number of benzene rings is 1. The quantitative estimate of drug-likeness (QED) is 0.614. The number of rotatable bonds is 7. The molecular formula is C24H33N5O3. The number of hydrogen-bond acceptors (Lipinski definition) is 5. The molecule has 8 nitrogen and oxygen atoms in total. The number of hydrogen-bond donors (Lipinski definition) is 3. The third-order valence-corrected chi connectivity index (χ3v) is 6.14. The van der Waals surface area contributed by atoms with Crippen LogP contribution in [0.2, 0.25) is 0 Å². The van der Waals surface area contributed by atoms with Gasteiger partial charge in [0, 0.05) is 18.1 Å². The van der Waals surface area contributed by atoms with E-state index >= 15 is 0 Å². The number of pyridine rings is 1. The predicted octanol–water partition coefficient (Wildman–Crippen LogP) is 2.22. The van der Waals surface area contributed by atoms with Crippen LogP contribution in [0.15, 0.2) is 30.5 Å². The van der Waals surface area contributed by atoms with E-state index in [-0.39, 0.29) is 23.6 Å². The van der Waals surface area contributed by atoms with Crippen LogP contribution in [0.1, 0.15) is 39.2 Å². The van der Waals surface area contributed by atoms with Gasteiger partial charge in [0.15, 0.2) is 0 Å². The maximum Gasteiger partial charge on any atom is 0.247 e. The average molecular weight is 440 g/mol. The predicted molar refractivity (Wildman–Crippen MR) is 125 cm³/mol. The molecule has 1 fully saturated rings. The fraction of sp³-hybridized carbons (Fsp3) is 0.500. The summed E-state index contributed by atoms with van der Waals surface area (Å²) in [5.74, 6) is -0.775. The maximum atomic E-state index is 13.4. The monoisotopic (exact) mass is 439 g/mol. The molecule has 8 heteroatoms. The second kappa shape index (κ2) is 10.1. The van der Waals surface area contributed by atoms with Crippen LogP contribution in [0.25, 0.3) is 10.9 Å². The number of carbonyl (C=O) groups is 3. The Hall–Kier alpha value is -3.00. The van der Waals surface area contributed by atoms with E-state index in [1.807, 2.05) is 45.0 Å². The lowest BCUT2D eigenvalue weighted by Gasteiger charge is -2.31. The summed E-state index contributed by atoms with van der Waals surface area (Å²) >= 11 is 0. The van der Waals surface area contributed by atoms with Crippen molar-refractivity contribution in [2.45, 2.75) is 58.7 Å². The van der Waals surface area contributed by atoms with Gasteiger partial charge in [-0.2, -0.15) is 0 Å². The van der Waals surface area contributed by atoms with E-state index in [2.05, 4.69) is 20.9 Å². The third-order valence-electron chi connectivity index (χ3n) is 6.14. The van der Waals surface area contributed by atoms with Gasteiger partial charge < -0.3 is 20.9 Å². The molecule has 3 atom stereocenters. The third kappa shape index (κ3) is 4.91. The molecule has 3 rings (SSSR count). The standard InChI is InChI=1S/C24H33N5O3/c1-14(2)20(27-22(30)16(4)25-5)24(32)29-13-7-9-19(29)23(31)28-21-15(3)10-11-18-17(21)8-6-12-26-18/h6,8,10-12,14,16,19-20,25H,7,9,13H2,1-5H3,(H,27,30)(H,28,31)/t16-,19-,20-/m0/s1. The van der Waals surface area contributed by atoms with Gasteiger partial charge in [0.1, 0.15) is 12.1 Å². The Labute approximate surface area is 189 Å². The van der Waals surface area contributed by atoms with E-state index in [1.165, 1.54) is 0 Å². The van der Waals surface area contributed by atoms with Crippen molar-refractivity contribution in [1.82, 2.24) is 20.5 Å². The van der Waals surface area contributed by atoms with Gasteiger partial charge in [-0.3, -0.25) is 19.4 Å². The summed E-state index contributed by atoms with van der Waals surface area (Å²) in [5.41, 5.74) is 2.45. The van der Waals surface area contributed by atoms with Gasteiger partial charge in [0.05, 0.1) is 17.2 Å². The number of carbonyl (C=O) groups excluding carboxylic acids is 3. The summed E-state index contributed by atoms with van der Waals surface area (Å²) in [5, 5.41) is 9.65. The number of nitrogens with one attached hydrogen (secondary N) is 3. The first kappa shape index (κ1) is 23.7. The van der Waals surface area contributed by atoms with Gasteiger partial charge in [-0.05, 0) is 63.4 Å². The van der Waals surface area contributed by atoms with E-state index in [0.29, 0.717) is 13.0 Å². The number of amides is 3. The molecule has 0 unspecified atom stereocenters. The van der Waals surface area contributed by atoms with Crippen LogP contribution < -0.4 is 16.0 Å². The first-order chi connectivity index (χ1) is 15.2. The lowest BCUT2D eigenvalue weighted by molar-refractivity contribution is -0.141. The van der Waals surface area contributed by atoms with Crippen molar-refractivity contribution in [3.05, 3.63) is 36.0 Å².